The molecule has 92 valence electrons. The topological polar surface area (TPSA) is 33.2 Å². The van der Waals surface area contributed by atoms with Gasteiger partial charge < -0.3 is 4.90 Å². The quantitative estimate of drug-likeness (QED) is 0.786. The lowest BCUT2D eigenvalue weighted by Gasteiger charge is -2.31. The van der Waals surface area contributed by atoms with Gasteiger partial charge in [0, 0.05) is 24.6 Å². The van der Waals surface area contributed by atoms with Gasteiger partial charge in [-0.2, -0.15) is 0 Å². The predicted molar refractivity (Wildman–Crippen MR) is 71.4 cm³/mol. The maximum Gasteiger partial charge on any atom is 0.272 e. The van der Waals surface area contributed by atoms with Crippen molar-refractivity contribution in [1.29, 1.82) is 0 Å². The fourth-order valence-corrected chi connectivity index (χ4v) is 2.76. The Balaban J connectivity index is 2.12. The average molecular weight is 297 g/mol. The number of hydrogen-bond acceptors (Lipinski definition) is 2. The molecule has 1 aliphatic heterocycles. The summed E-state index contributed by atoms with van der Waals surface area (Å²) in [5.41, 5.74) is 1.56. The van der Waals surface area contributed by atoms with Crippen molar-refractivity contribution in [3.05, 3.63) is 29.6 Å². The van der Waals surface area contributed by atoms with E-state index in [0.29, 0.717) is 11.6 Å². The summed E-state index contributed by atoms with van der Waals surface area (Å²) in [6.07, 6.45) is 3.98. The second kappa shape index (κ2) is 5.63. The van der Waals surface area contributed by atoms with Gasteiger partial charge in [-0.05, 0) is 37.3 Å². The summed E-state index contributed by atoms with van der Waals surface area (Å²) in [6.45, 7) is 3.64. The number of halogens is 1. The first-order valence-corrected chi connectivity index (χ1v) is 7.11. The van der Waals surface area contributed by atoms with Gasteiger partial charge in [0.05, 0.1) is 0 Å². The summed E-state index contributed by atoms with van der Waals surface area (Å²) in [5, 5.41) is 0.970. The Hall–Kier alpha value is -0.900. The van der Waals surface area contributed by atoms with Crippen LogP contribution in [0.5, 0.6) is 0 Å². The third kappa shape index (κ3) is 2.86. The minimum Gasteiger partial charge on any atom is -0.337 e. The number of alkyl halides is 1. The van der Waals surface area contributed by atoms with Crippen LogP contribution in [0.4, 0.5) is 0 Å². The SMILES string of the molecule is Cc1cccnc1C(=O)N1CCCC(CBr)C1. The van der Waals surface area contributed by atoms with Gasteiger partial charge in [0.2, 0.25) is 0 Å². The third-order valence-electron chi connectivity index (χ3n) is 3.24. The van der Waals surface area contributed by atoms with Crippen LogP contribution < -0.4 is 0 Å². The van der Waals surface area contributed by atoms with Gasteiger partial charge in [-0.25, -0.2) is 0 Å². The molecule has 2 rings (SSSR count). The van der Waals surface area contributed by atoms with E-state index in [4.69, 9.17) is 0 Å². The summed E-state index contributed by atoms with van der Waals surface area (Å²) < 4.78 is 0. The van der Waals surface area contributed by atoms with Crippen LogP contribution in [0.25, 0.3) is 0 Å². The first kappa shape index (κ1) is 12.6. The highest BCUT2D eigenvalue weighted by Crippen LogP contribution is 2.20. The van der Waals surface area contributed by atoms with Gasteiger partial charge in [-0.3, -0.25) is 9.78 Å². The maximum absolute atomic E-state index is 12.3. The number of likely N-dealkylation sites (tertiary alicyclic amines) is 1. The second-order valence-corrected chi connectivity index (χ2v) is 5.23. The Morgan fingerprint density at radius 3 is 3.18 bits per heavy atom. The van der Waals surface area contributed by atoms with E-state index < -0.39 is 0 Å². The molecule has 2 heterocycles. The molecule has 1 aromatic rings. The molecule has 1 aliphatic rings. The lowest BCUT2D eigenvalue weighted by Crippen LogP contribution is -2.41. The minimum atomic E-state index is 0.0775. The third-order valence-corrected chi connectivity index (χ3v) is 4.15. The molecule has 1 amide bonds. The van der Waals surface area contributed by atoms with E-state index >= 15 is 0 Å². The molecule has 0 bridgehead atoms. The summed E-state index contributed by atoms with van der Waals surface area (Å²) in [6, 6.07) is 3.80. The van der Waals surface area contributed by atoms with Crippen molar-refractivity contribution >= 4 is 21.8 Å². The van der Waals surface area contributed by atoms with E-state index in [-0.39, 0.29) is 5.91 Å². The molecule has 3 nitrogen and oxygen atoms in total. The molecule has 1 fully saturated rings. The first-order chi connectivity index (χ1) is 8.22. The fraction of sp³-hybridized carbons (Fsp3) is 0.538. The smallest absolute Gasteiger partial charge is 0.272 e. The molecular formula is C13H17BrN2O. The van der Waals surface area contributed by atoms with Crippen LogP contribution in [-0.2, 0) is 0 Å². The number of pyridine rings is 1. The molecular weight excluding hydrogens is 280 g/mol. The first-order valence-electron chi connectivity index (χ1n) is 5.99. The summed E-state index contributed by atoms with van der Waals surface area (Å²) in [7, 11) is 0. The molecule has 1 atom stereocenters. The largest absolute Gasteiger partial charge is 0.337 e. The zero-order valence-corrected chi connectivity index (χ0v) is 11.6. The molecule has 0 saturated carbocycles. The van der Waals surface area contributed by atoms with Gasteiger partial charge in [0.1, 0.15) is 5.69 Å². The minimum absolute atomic E-state index is 0.0775. The summed E-state index contributed by atoms with van der Waals surface area (Å²) in [5.74, 6) is 0.658. The standard InChI is InChI=1S/C13H17BrN2O/c1-10-4-2-6-15-12(10)13(17)16-7-3-5-11(8-14)9-16/h2,4,6,11H,3,5,7-9H2,1H3. The Morgan fingerprint density at radius 2 is 2.47 bits per heavy atom. The number of aromatic nitrogens is 1. The lowest BCUT2D eigenvalue weighted by molar-refractivity contribution is 0.0679. The molecule has 1 aromatic heterocycles. The molecule has 1 unspecified atom stereocenters. The van der Waals surface area contributed by atoms with Gasteiger partial charge in [-0.1, -0.05) is 22.0 Å². The van der Waals surface area contributed by atoms with Crippen molar-refractivity contribution in [2.24, 2.45) is 5.92 Å². The van der Waals surface area contributed by atoms with E-state index in [1.165, 1.54) is 6.42 Å². The Labute approximate surface area is 110 Å². The predicted octanol–water partition coefficient (Wildman–Crippen LogP) is 2.64. The number of amides is 1. The molecule has 0 N–H and O–H groups in total. The molecule has 4 heteroatoms. The fourth-order valence-electron chi connectivity index (χ4n) is 2.23. The van der Waals surface area contributed by atoms with Crippen LogP contribution in [-0.4, -0.2) is 34.2 Å². The van der Waals surface area contributed by atoms with Crippen LogP contribution in [0.3, 0.4) is 0 Å². The van der Waals surface area contributed by atoms with Crippen LogP contribution in [0.15, 0.2) is 18.3 Å². The van der Waals surface area contributed by atoms with Crippen LogP contribution in [0.1, 0.15) is 28.9 Å². The van der Waals surface area contributed by atoms with Crippen molar-refractivity contribution in [2.75, 3.05) is 18.4 Å². The van der Waals surface area contributed by atoms with E-state index in [1.807, 2.05) is 24.0 Å². The van der Waals surface area contributed by atoms with E-state index in [2.05, 4.69) is 20.9 Å². The highest BCUT2D eigenvalue weighted by atomic mass is 79.9. The number of aryl methyl sites for hydroxylation is 1. The molecule has 0 aliphatic carbocycles. The Bertz CT molecular complexity index is 408. The maximum atomic E-state index is 12.3. The number of carbonyl (C=O) groups excluding carboxylic acids is 1. The highest BCUT2D eigenvalue weighted by molar-refractivity contribution is 9.09. The number of piperidine rings is 1. The van der Waals surface area contributed by atoms with Crippen molar-refractivity contribution in [1.82, 2.24) is 9.88 Å². The van der Waals surface area contributed by atoms with Crippen molar-refractivity contribution in [3.8, 4) is 0 Å². The molecule has 17 heavy (non-hydrogen) atoms. The van der Waals surface area contributed by atoms with Gasteiger partial charge in [0.25, 0.3) is 5.91 Å². The van der Waals surface area contributed by atoms with Gasteiger partial charge in [-0.15, -0.1) is 0 Å². The zero-order chi connectivity index (χ0) is 12.3. The van der Waals surface area contributed by atoms with E-state index in [9.17, 15) is 4.79 Å². The zero-order valence-electron chi connectivity index (χ0n) is 10.0. The molecule has 0 radical (unpaired) electrons. The van der Waals surface area contributed by atoms with Gasteiger partial charge >= 0.3 is 0 Å². The van der Waals surface area contributed by atoms with Gasteiger partial charge in [0.15, 0.2) is 0 Å². The van der Waals surface area contributed by atoms with Crippen molar-refractivity contribution in [3.63, 3.8) is 0 Å². The highest BCUT2D eigenvalue weighted by Gasteiger charge is 2.25. The van der Waals surface area contributed by atoms with Crippen LogP contribution >= 0.6 is 15.9 Å². The summed E-state index contributed by atoms with van der Waals surface area (Å²) >= 11 is 3.50. The lowest BCUT2D eigenvalue weighted by atomic mass is 9.99. The molecule has 0 aromatic carbocycles. The monoisotopic (exact) mass is 296 g/mol. The van der Waals surface area contributed by atoms with Crippen molar-refractivity contribution in [2.45, 2.75) is 19.8 Å². The second-order valence-electron chi connectivity index (χ2n) is 4.58. The number of hydrogen-bond donors (Lipinski definition) is 0. The van der Waals surface area contributed by atoms with Crippen molar-refractivity contribution < 1.29 is 4.79 Å². The normalized spacial score (nSPS) is 20.4. The summed E-state index contributed by atoms with van der Waals surface area (Å²) in [4.78, 5) is 18.5. The van der Waals surface area contributed by atoms with Crippen LogP contribution in [0, 0.1) is 12.8 Å². The van der Waals surface area contributed by atoms with E-state index in [1.54, 1.807) is 6.20 Å². The molecule has 0 spiro atoms. The number of nitrogens with zero attached hydrogens (tertiary/aromatic N) is 2. The van der Waals surface area contributed by atoms with E-state index in [0.717, 1.165) is 30.4 Å². The Kier molecular flexibility index (Phi) is 4.15. The Morgan fingerprint density at radius 1 is 1.65 bits per heavy atom. The number of carbonyl (C=O) groups is 1. The molecule has 1 saturated heterocycles. The average Bonchev–Trinajstić information content (AvgIpc) is 2.38. The van der Waals surface area contributed by atoms with Crippen LogP contribution in [0.2, 0.25) is 0 Å². The number of rotatable bonds is 2.